The van der Waals surface area contributed by atoms with Gasteiger partial charge in [-0.1, -0.05) is 6.07 Å². The van der Waals surface area contributed by atoms with Crippen molar-refractivity contribution in [2.24, 2.45) is 7.05 Å². The van der Waals surface area contributed by atoms with Gasteiger partial charge in [-0.25, -0.2) is 17.5 Å². The number of sulfonamides is 1. The average molecular weight is 313 g/mol. The first-order valence-corrected chi connectivity index (χ1v) is 7.77. The Hall–Kier alpha value is -1.77. The summed E-state index contributed by atoms with van der Waals surface area (Å²) >= 11 is 0. The van der Waals surface area contributed by atoms with E-state index in [4.69, 9.17) is 5.11 Å². The Morgan fingerprint density at radius 3 is 2.81 bits per heavy atom. The summed E-state index contributed by atoms with van der Waals surface area (Å²) in [4.78, 5) is -0.240. The van der Waals surface area contributed by atoms with Crippen molar-refractivity contribution >= 4 is 10.0 Å². The van der Waals surface area contributed by atoms with E-state index in [0.717, 1.165) is 17.7 Å². The predicted octanol–water partition coefficient (Wildman–Crippen LogP) is 0.572. The molecule has 1 aromatic carbocycles. The molecule has 0 saturated heterocycles. The molecule has 2 N–H and O–H groups in total. The Morgan fingerprint density at radius 2 is 2.19 bits per heavy atom. The van der Waals surface area contributed by atoms with Crippen molar-refractivity contribution in [2.45, 2.75) is 17.9 Å². The maximum atomic E-state index is 13.2. The third-order valence-electron chi connectivity index (χ3n) is 2.95. The van der Waals surface area contributed by atoms with Crippen LogP contribution in [0.25, 0.3) is 0 Å². The normalized spacial score (nSPS) is 11.8. The van der Waals surface area contributed by atoms with E-state index in [9.17, 15) is 12.8 Å². The van der Waals surface area contributed by atoms with E-state index in [1.54, 1.807) is 24.1 Å². The van der Waals surface area contributed by atoms with Crippen molar-refractivity contribution in [1.29, 1.82) is 0 Å². The first-order valence-electron chi connectivity index (χ1n) is 6.29. The molecule has 0 saturated carbocycles. The number of nitrogens with one attached hydrogen (secondary N) is 1. The van der Waals surface area contributed by atoms with Crippen LogP contribution < -0.4 is 4.72 Å². The maximum Gasteiger partial charge on any atom is 0.241 e. The third-order valence-corrected chi connectivity index (χ3v) is 4.50. The van der Waals surface area contributed by atoms with E-state index in [2.05, 4.69) is 9.82 Å². The second-order valence-corrected chi connectivity index (χ2v) is 6.32. The Morgan fingerprint density at radius 1 is 1.43 bits per heavy atom. The van der Waals surface area contributed by atoms with Crippen LogP contribution in [0.4, 0.5) is 4.39 Å². The molecule has 0 aliphatic heterocycles. The minimum Gasteiger partial charge on any atom is -0.392 e. The first kappa shape index (κ1) is 15.6. The van der Waals surface area contributed by atoms with Crippen molar-refractivity contribution in [3.63, 3.8) is 0 Å². The summed E-state index contributed by atoms with van der Waals surface area (Å²) in [5.74, 6) is -0.667. The molecule has 2 rings (SSSR count). The highest BCUT2D eigenvalue weighted by Gasteiger charge is 2.18. The van der Waals surface area contributed by atoms with Crippen LogP contribution in [0.3, 0.4) is 0 Å². The van der Waals surface area contributed by atoms with Crippen LogP contribution in [0.15, 0.2) is 35.5 Å². The molecular weight excluding hydrogens is 297 g/mol. The van der Waals surface area contributed by atoms with Crippen LogP contribution in [0.2, 0.25) is 0 Å². The summed E-state index contributed by atoms with van der Waals surface area (Å²) in [6.07, 6.45) is 3.90. The lowest BCUT2D eigenvalue weighted by molar-refractivity contribution is 0.278. The summed E-state index contributed by atoms with van der Waals surface area (Å²) in [5, 5.41) is 13.1. The summed E-state index contributed by atoms with van der Waals surface area (Å²) in [5.41, 5.74) is 1.05. The highest BCUT2D eigenvalue weighted by Crippen LogP contribution is 2.17. The third kappa shape index (κ3) is 3.87. The molecule has 0 unspecified atom stereocenters. The smallest absolute Gasteiger partial charge is 0.241 e. The van der Waals surface area contributed by atoms with Gasteiger partial charge in [-0.3, -0.25) is 4.68 Å². The lowest BCUT2D eigenvalue weighted by Crippen LogP contribution is -2.27. The number of aryl methyl sites for hydroxylation is 1. The molecule has 8 heteroatoms. The summed E-state index contributed by atoms with van der Waals surface area (Å²) in [7, 11) is -2.09. The van der Waals surface area contributed by atoms with E-state index in [1.807, 2.05) is 0 Å². The Labute approximate surface area is 122 Å². The van der Waals surface area contributed by atoms with Crippen LogP contribution in [0.1, 0.15) is 11.1 Å². The highest BCUT2D eigenvalue weighted by molar-refractivity contribution is 7.89. The highest BCUT2D eigenvalue weighted by atomic mass is 32.2. The molecule has 21 heavy (non-hydrogen) atoms. The topological polar surface area (TPSA) is 84.2 Å². The van der Waals surface area contributed by atoms with Gasteiger partial charge < -0.3 is 5.11 Å². The number of hydrogen-bond donors (Lipinski definition) is 2. The van der Waals surface area contributed by atoms with Crippen molar-refractivity contribution in [3.05, 3.63) is 47.5 Å². The molecule has 0 spiro atoms. The molecule has 0 atom stereocenters. The van der Waals surface area contributed by atoms with Crippen LogP contribution in [-0.2, 0) is 30.1 Å². The molecular formula is C13H16FN3O3S. The molecule has 2 aromatic rings. The number of hydrogen-bond acceptors (Lipinski definition) is 4. The molecule has 1 heterocycles. The zero-order valence-corrected chi connectivity index (χ0v) is 12.3. The number of benzene rings is 1. The van der Waals surface area contributed by atoms with E-state index in [0.29, 0.717) is 6.42 Å². The van der Waals surface area contributed by atoms with E-state index in [1.165, 1.54) is 6.07 Å². The maximum absolute atomic E-state index is 13.2. The minimum absolute atomic E-state index is 0.158. The first-order chi connectivity index (χ1) is 9.92. The van der Waals surface area contributed by atoms with Gasteiger partial charge in [0.15, 0.2) is 0 Å². The van der Waals surface area contributed by atoms with Gasteiger partial charge in [0.2, 0.25) is 10.0 Å². The Balaban J connectivity index is 2.09. The Bertz CT molecular complexity index is 728. The lowest BCUT2D eigenvalue weighted by Gasteiger charge is -2.10. The van der Waals surface area contributed by atoms with E-state index in [-0.39, 0.29) is 17.0 Å². The monoisotopic (exact) mass is 313 g/mol. The summed E-state index contributed by atoms with van der Waals surface area (Å²) in [6.45, 7) is -0.311. The predicted molar refractivity (Wildman–Crippen MR) is 74.4 cm³/mol. The molecule has 0 aliphatic carbocycles. The van der Waals surface area contributed by atoms with Crippen molar-refractivity contribution < 1.29 is 17.9 Å². The van der Waals surface area contributed by atoms with Crippen LogP contribution in [0, 0.1) is 5.82 Å². The molecule has 114 valence electrons. The van der Waals surface area contributed by atoms with Crippen molar-refractivity contribution in [3.8, 4) is 0 Å². The van der Waals surface area contributed by atoms with Gasteiger partial charge in [0, 0.05) is 19.8 Å². The van der Waals surface area contributed by atoms with Gasteiger partial charge in [0.25, 0.3) is 0 Å². The van der Waals surface area contributed by atoms with Crippen LogP contribution in [-0.4, -0.2) is 29.8 Å². The summed E-state index contributed by atoms with van der Waals surface area (Å²) < 4.78 is 41.5. The molecule has 0 fully saturated rings. The fraction of sp³-hybridized carbons (Fsp3) is 0.308. The second-order valence-electron chi connectivity index (χ2n) is 4.58. The number of halogens is 1. The SMILES string of the molecule is Cn1cc(CCNS(=O)(=O)c2cc(F)ccc2CO)cn1. The lowest BCUT2D eigenvalue weighted by atomic mass is 10.2. The number of nitrogens with zero attached hydrogens (tertiary/aromatic N) is 2. The fourth-order valence-electron chi connectivity index (χ4n) is 1.92. The zero-order valence-electron chi connectivity index (χ0n) is 11.5. The van der Waals surface area contributed by atoms with E-state index >= 15 is 0 Å². The van der Waals surface area contributed by atoms with E-state index < -0.39 is 22.4 Å². The van der Waals surface area contributed by atoms with Gasteiger partial charge >= 0.3 is 0 Å². The quantitative estimate of drug-likeness (QED) is 0.817. The van der Waals surface area contributed by atoms with Crippen molar-refractivity contribution in [2.75, 3.05) is 6.54 Å². The van der Waals surface area contributed by atoms with Gasteiger partial charge in [-0.05, 0) is 29.7 Å². The van der Waals surface area contributed by atoms with Crippen molar-refractivity contribution in [1.82, 2.24) is 14.5 Å². The van der Waals surface area contributed by atoms with Gasteiger partial charge in [-0.15, -0.1) is 0 Å². The Kier molecular flexibility index (Phi) is 4.71. The summed E-state index contributed by atoms with van der Waals surface area (Å²) in [6, 6.07) is 3.27. The van der Waals surface area contributed by atoms with Crippen LogP contribution in [0.5, 0.6) is 0 Å². The molecule has 1 aromatic heterocycles. The number of rotatable bonds is 6. The molecule has 0 bridgehead atoms. The number of aliphatic hydroxyl groups excluding tert-OH is 1. The van der Waals surface area contributed by atoms with Crippen LogP contribution >= 0.6 is 0 Å². The molecule has 6 nitrogen and oxygen atoms in total. The minimum atomic E-state index is -3.87. The van der Waals surface area contributed by atoms with Gasteiger partial charge in [0.1, 0.15) is 5.82 Å². The largest absolute Gasteiger partial charge is 0.392 e. The number of aromatic nitrogens is 2. The van der Waals surface area contributed by atoms with Gasteiger partial charge in [-0.2, -0.15) is 5.10 Å². The second kappa shape index (κ2) is 6.33. The fourth-order valence-corrected chi connectivity index (χ4v) is 3.19. The molecule has 0 aliphatic rings. The molecule has 0 amide bonds. The van der Waals surface area contributed by atoms with Gasteiger partial charge in [0.05, 0.1) is 17.7 Å². The molecule has 0 radical (unpaired) electrons. The average Bonchev–Trinajstić information content (AvgIpc) is 2.84. The standard InChI is InChI=1S/C13H16FN3O3S/c1-17-8-10(7-15-17)4-5-16-21(19,20)13-6-12(14)3-2-11(13)9-18/h2-3,6-8,16,18H,4-5,9H2,1H3. The zero-order chi connectivity index (χ0) is 15.5. The number of aliphatic hydroxyl groups is 1.